The molecule has 2 aromatic carbocycles. The number of aromatic nitrogens is 2. The van der Waals surface area contributed by atoms with E-state index in [1.165, 1.54) is 56.9 Å². The molecule has 4 rings (SSSR count). The molecule has 13 nitrogen and oxygen atoms in total. The molecule has 0 bridgehead atoms. The third-order valence-corrected chi connectivity index (χ3v) is 5.70. The van der Waals surface area contributed by atoms with Crippen LogP contribution in [-0.2, 0) is 0 Å². The van der Waals surface area contributed by atoms with E-state index in [1.54, 1.807) is 0 Å². The van der Waals surface area contributed by atoms with Crippen LogP contribution in [0.5, 0.6) is 28.7 Å². The molecule has 0 saturated heterocycles. The van der Waals surface area contributed by atoms with Gasteiger partial charge in [-0.25, -0.2) is 8.78 Å². The van der Waals surface area contributed by atoms with Gasteiger partial charge in [-0.15, -0.1) is 0 Å². The number of hydrogen-bond acceptors (Lipinski definition) is 11. The van der Waals surface area contributed by atoms with Crippen LogP contribution in [-0.4, -0.2) is 44.6 Å². The molecular formula is C24H18Br2F3KN4O9. The van der Waals surface area contributed by atoms with Crippen LogP contribution in [0.4, 0.5) is 24.8 Å². The van der Waals surface area contributed by atoms with E-state index in [-0.39, 0.29) is 94.6 Å². The number of nitro groups is 2. The zero-order valence-electron chi connectivity index (χ0n) is 22.2. The fraction of sp³-hybridized carbons (Fsp3) is 0.0833. The summed E-state index contributed by atoms with van der Waals surface area (Å²) in [6.07, 6.45) is 2.44. The van der Waals surface area contributed by atoms with Crippen LogP contribution in [0.15, 0.2) is 69.9 Å². The quantitative estimate of drug-likeness (QED) is 0.170. The Balaban J connectivity index is 0.000000655. The molecule has 19 heteroatoms. The van der Waals surface area contributed by atoms with E-state index in [0.717, 1.165) is 18.2 Å². The predicted octanol–water partition coefficient (Wildman–Crippen LogP) is 3.95. The molecule has 2 aromatic heterocycles. The van der Waals surface area contributed by atoms with Gasteiger partial charge in [-0.05, 0) is 75.9 Å². The molecule has 0 spiro atoms. The average molecular weight is 762 g/mol. The van der Waals surface area contributed by atoms with E-state index >= 15 is 0 Å². The number of nitrogens with zero attached hydrogens (tertiary/aromatic N) is 4. The van der Waals surface area contributed by atoms with Gasteiger partial charge < -0.3 is 45.0 Å². The van der Waals surface area contributed by atoms with Crippen LogP contribution in [0.25, 0.3) is 0 Å². The van der Waals surface area contributed by atoms with Gasteiger partial charge in [-0.1, -0.05) is 0 Å². The monoisotopic (exact) mass is 760 g/mol. The van der Waals surface area contributed by atoms with Crippen molar-refractivity contribution in [1.82, 2.24) is 9.97 Å². The van der Waals surface area contributed by atoms with Crippen molar-refractivity contribution in [2.24, 2.45) is 0 Å². The third kappa shape index (κ3) is 11.9. The Morgan fingerprint density at radius 3 is 1.72 bits per heavy atom. The van der Waals surface area contributed by atoms with Crippen molar-refractivity contribution in [3.63, 3.8) is 0 Å². The van der Waals surface area contributed by atoms with E-state index in [2.05, 4.69) is 41.8 Å². The van der Waals surface area contributed by atoms with Crippen LogP contribution in [0.3, 0.4) is 0 Å². The van der Waals surface area contributed by atoms with Crippen molar-refractivity contribution in [2.45, 2.75) is 0 Å². The molecule has 0 radical (unpaired) electrons. The van der Waals surface area contributed by atoms with Crippen LogP contribution in [0.1, 0.15) is 0 Å². The number of methoxy groups -OCH3 is 2. The Morgan fingerprint density at radius 1 is 0.744 bits per heavy atom. The van der Waals surface area contributed by atoms with E-state index in [1.807, 2.05) is 0 Å². The van der Waals surface area contributed by atoms with E-state index in [4.69, 9.17) is 19.3 Å². The van der Waals surface area contributed by atoms with Crippen LogP contribution >= 0.6 is 31.9 Å². The van der Waals surface area contributed by atoms with Gasteiger partial charge in [0.2, 0.25) is 11.6 Å². The number of hydrogen-bond donors (Lipinski definition) is 1. The van der Waals surface area contributed by atoms with Crippen molar-refractivity contribution in [3.8, 4) is 28.7 Å². The maximum Gasteiger partial charge on any atom is 1.00 e. The molecule has 0 aliphatic carbocycles. The predicted molar refractivity (Wildman–Crippen MR) is 147 cm³/mol. The molecule has 0 saturated carbocycles. The maximum absolute atomic E-state index is 13.5. The largest absolute Gasteiger partial charge is 1.00 e. The minimum atomic E-state index is -0.910. The summed E-state index contributed by atoms with van der Waals surface area (Å²) in [4.78, 5) is 26.0. The van der Waals surface area contributed by atoms with Gasteiger partial charge >= 0.3 is 63.0 Å². The molecule has 2 N–H and O–H groups in total. The Morgan fingerprint density at radius 2 is 1.23 bits per heavy atom. The molecule has 0 fully saturated rings. The van der Waals surface area contributed by atoms with Crippen LogP contribution in [0, 0.1) is 37.7 Å². The normalized spacial score (nSPS) is 9.37. The van der Waals surface area contributed by atoms with Crippen molar-refractivity contribution in [3.05, 3.63) is 108 Å². The van der Waals surface area contributed by atoms with E-state index in [9.17, 15) is 33.4 Å². The summed E-state index contributed by atoms with van der Waals surface area (Å²) in [6.45, 7) is 0. The first-order chi connectivity index (χ1) is 19.4. The molecule has 0 aliphatic heterocycles. The van der Waals surface area contributed by atoms with Gasteiger partial charge in [0.1, 0.15) is 24.0 Å². The molecule has 0 amide bonds. The van der Waals surface area contributed by atoms with Crippen molar-refractivity contribution < 1.29 is 99.2 Å². The zero-order valence-corrected chi connectivity index (χ0v) is 28.5. The second kappa shape index (κ2) is 19.4. The molecule has 43 heavy (non-hydrogen) atoms. The Hall–Kier alpha value is -2.91. The topological polar surface area (TPSA) is 190 Å². The number of halogens is 5. The standard InChI is InChI=1S/C12H8BrFN2O4.C7H6BrFO2.C5H3FN2O2.K.H2O/c1-19-10-5-7(13)8(14)6-11(10)20-9-3-2-4-15-12(9)16(17)18;1-11-7-2-4(8)5(9)3-6(7)10;6-4-2-1-3-7-5(4)8(9)10;;/h2-6H,1H3;2-3,10H,1H3;1-3H;;1H2/q;;;+1;/p-1. The summed E-state index contributed by atoms with van der Waals surface area (Å²) in [7, 11) is 2.78. The van der Waals surface area contributed by atoms with E-state index in [0.29, 0.717) is 0 Å². The van der Waals surface area contributed by atoms with E-state index < -0.39 is 38.9 Å². The number of benzene rings is 2. The molecule has 4 aromatic rings. The fourth-order valence-electron chi connectivity index (χ4n) is 2.66. The maximum atomic E-state index is 13.5. The van der Waals surface area contributed by atoms with Crippen LogP contribution < -0.4 is 65.6 Å². The van der Waals surface area contributed by atoms with Crippen molar-refractivity contribution in [2.75, 3.05) is 14.2 Å². The second-order valence-corrected chi connectivity index (χ2v) is 8.81. The average Bonchev–Trinajstić information content (AvgIpc) is 2.93. The molecular weight excluding hydrogens is 744 g/mol. The van der Waals surface area contributed by atoms with Gasteiger partial charge in [0, 0.05) is 24.3 Å². The van der Waals surface area contributed by atoms with Gasteiger partial charge in [-0.3, -0.25) is 0 Å². The minimum Gasteiger partial charge on any atom is -0.870 e. The summed E-state index contributed by atoms with van der Waals surface area (Å²) in [5.41, 5.74) is 0. The van der Waals surface area contributed by atoms with Gasteiger partial charge in [-0.2, -0.15) is 4.39 Å². The number of pyridine rings is 2. The number of phenols is 1. The van der Waals surface area contributed by atoms with Gasteiger partial charge in [0.05, 0.1) is 23.2 Å². The van der Waals surface area contributed by atoms with Gasteiger partial charge in [0.15, 0.2) is 23.0 Å². The number of ether oxygens (including phenoxy) is 3. The molecule has 0 aliphatic rings. The first-order valence-electron chi connectivity index (χ1n) is 10.7. The Bertz CT molecular complexity index is 1560. The molecule has 0 atom stereocenters. The summed E-state index contributed by atoms with van der Waals surface area (Å²) in [6, 6.07) is 9.92. The summed E-state index contributed by atoms with van der Waals surface area (Å²) >= 11 is 5.97. The SMILES string of the molecule is COc1cc(Br)c(F)cc1O.COc1cc(Br)c(F)cc1Oc1cccnc1[N+](=O)[O-].O=[N+]([O-])c1ncccc1F.[K+].[OH-]. The first kappa shape index (κ1) is 40.1. The van der Waals surface area contributed by atoms with Gasteiger partial charge in [0.25, 0.3) is 0 Å². The molecule has 224 valence electrons. The minimum absolute atomic E-state index is 0. The summed E-state index contributed by atoms with van der Waals surface area (Å²) < 4.78 is 54.1. The van der Waals surface area contributed by atoms with Crippen LogP contribution in [0.2, 0.25) is 0 Å². The number of phenolic OH excluding ortho intramolecular Hbond substituents is 1. The Kier molecular flexibility index (Phi) is 18.1. The number of aromatic hydroxyl groups is 1. The smallest absolute Gasteiger partial charge is 0.870 e. The molecule has 2 heterocycles. The summed E-state index contributed by atoms with van der Waals surface area (Å²) in [5, 5.41) is 29.8. The molecule has 0 unspecified atom stereocenters. The number of rotatable bonds is 6. The second-order valence-electron chi connectivity index (χ2n) is 7.11. The third-order valence-electron chi connectivity index (χ3n) is 4.48. The Labute approximate surface area is 300 Å². The van der Waals surface area contributed by atoms with Crippen molar-refractivity contribution in [1.29, 1.82) is 0 Å². The first-order valence-corrected chi connectivity index (χ1v) is 12.2. The fourth-order valence-corrected chi connectivity index (χ4v) is 3.31. The van der Waals surface area contributed by atoms with Crippen molar-refractivity contribution >= 4 is 43.5 Å². The zero-order chi connectivity index (χ0) is 30.7. The summed E-state index contributed by atoms with van der Waals surface area (Å²) in [5.74, 6) is -2.99.